The van der Waals surface area contributed by atoms with Crippen molar-refractivity contribution >= 4 is 19.2 Å². The van der Waals surface area contributed by atoms with Gasteiger partial charge < -0.3 is 0 Å². The van der Waals surface area contributed by atoms with Crippen molar-refractivity contribution in [2.45, 2.75) is 22.9 Å². The molecule has 1 aliphatic heterocycles. The summed E-state index contributed by atoms with van der Waals surface area (Å²) in [6, 6.07) is 0. The van der Waals surface area contributed by atoms with E-state index >= 15 is 0 Å². The van der Waals surface area contributed by atoms with Crippen LogP contribution in [0.5, 0.6) is 0 Å². The van der Waals surface area contributed by atoms with E-state index in [1.807, 2.05) is 0 Å². The minimum absolute atomic E-state index is 0.362. The van der Waals surface area contributed by atoms with Crippen LogP contribution in [0, 0.1) is 0 Å². The number of rotatable bonds is 0. The summed E-state index contributed by atoms with van der Waals surface area (Å²) in [5.41, 5.74) is 0. The first-order valence-corrected chi connectivity index (χ1v) is 11.0. The molecular formula is C5H12O2Sn. The molecule has 1 heterocycles. The molecule has 3 heteroatoms. The monoisotopic (exact) mass is 224 g/mol. The third-order valence-electron chi connectivity index (χ3n) is 1.15. The summed E-state index contributed by atoms with van der Waals surface area (Å²) in [6.45, 7) is 2.88. The molecule has 0 aliphatic carbocycles. The van der Waals surface area contributed by atoms with Gasteiger partial charge in [-0.15, -0.1) is 0 Å². The Morgan fingerprint density at radius 2 is 2.12 bits per heavy atom. The van der Waals surface area contributed by atoms with Crippen molar-refractivity contribution in [3.8, 4) is 0 Å². The van der Waals surface area contributed by atoms with E-state index in [-0.39, 0.29) is 0 Å². The van der Waals surface area contributed by atoms with Gasteiger partial charge in [0.05, 0.1) is 0 Å². The van der Waals surface area contributed by atoms with Gasteiger partial charge in [-0.1, -0.05) is 0 Å². The van der Waals surface area contributed by atoms with Crippen LogP contribution in [-0.4, -0.2) is 31.9 Å². The molecule has 0 aromatic heterocycles. The zero-order valence-corrected chi connectivity index (χ0v) is 8.46. The van der Waals surface area contributed by atoms with Gasteiger partial charge in [0, 0.05) is 0 Å². The van der Waals surface area contributed by atoms with Gasteiger partial charge >= 0.3 is 54.9 Å². The average Bonchev–Trinajstić information content (AvgIpc) is 1.82. The fourth-order valence-electron chi connectivity index (χ4n) is 0.871. The molecule has 0 N–H and O–H groups in total. The van der Waals surface area contributed by atoms with E-state index in [0.29, 0.717) is 6.10 Å². The van der Waals surface area contributed by atoms with Crippen LogP contribution in [0.1, 0.15) is 6.92 Å². The van der Waals surface area contributed by atoms with Crippen molar-refractivity contribution in [3.63, 3.8) is 0 Å². The standard InChI is InChI=1S/C3H6O2.2CH3.Sn/c1-3(5)2-4;;;/h3H,2H2,1H3;2*1H3;/q-2;;;+2. The van der Waals surface area contributed by atoms with Crippen molar-refractivity contribution in [2.75, 3.05) is 6.61 Å². The molecule has 1 fully saturated rings. The molecule has 1 atom stereocenters. The van der Waals surface area contributed by atoms with Crippen molar-refractivity contribution in [1.29, 1.82) is 0 Å². The van der Waals surface area contributed by atoms with Crippen LogP contribution in [0.4, 0.5) is 0 Å². The summed E-state index contributed by atoms with van der Waals surface area (Å²) in [4.78, 5) is 4.27. The van der Waals surface area contributed by atoms with E-state index in [1.54, 1.807) is 0 Å². The van der Waals surface area contributed by atoms with Crippen molar-refractivity contribution < 1.29 is 6.15 Å². The van der Waals surface area contributed by atoms with E-state index in [1.165, 1.54) is 0 Å². The fourth-order valence-corrected chi connectivity index (χ4v) is 5.84. The van der Waals surface area contributed by atoms with Crippen molar-refractivity contribution in [1.82, 2.24) is 0 Å². The quantitative estimate of drug-likeness (QED) is 0.573. The molecule has 8 heavy (non-hydrogen) atoms. The second-order valence-corrected chi connectivity index (χ2v) is 12.1. The molecule has 0 radical (unpaired) electrons. The number of hydrogen-bond donors (Lipinski definition) is 0. The van der Waals surface area contributed by atoms with Gasteiger partial charge in [-0.2, -0.15) is 0 Å². The van der Waals surface area contributed by atoms with Gasteiger partial charge in [-0.3, -0.25) is 0 Å². The van der Waals surface area contributed by atoms with Crippen LogP contribution in [-0.2, 0) is 6.15 Å². The van der Waals surface area contributed by atoms with Crippen LogP contribution in [0.15, 0.2) is 0 Å². The van der Waals surface area contributed by atoms with E-state index in [2.05, 4.69) is 16.8 Å². The second-order valence-electron chi connectivity index (χ2n) is 2.64. The van der Waals surface area contributed by atoms with Gasteiger partial charge in [0.25, 0.3) is 0 Å². The summed E-state index contributed by atoms with van der Waals surface area (Å²) in [7, 11) is 0. The Kier molecular flexibility index (Phi) is 1.84. The van der Waals surface area contributed by atoms with E-state index < -0.39 is 19.2 Å². The van der Waals surface area contributed by atoms with E-state index in [9.17, 15) is 0 Å². The summed E-state index contributed by atoms with van der Waals surface area (Å²) in [5, 5.41) is 0. The summed E-state index contributed by atoms with van der Waals surface area (Å²) < 4.78 is 11.0. The Morgan fingerprint density at radius 1 is 1.50 bits per heavy atom. The predicted octanol–water partition coefficient (Wildman–Crippen LogP) is 1.12. The first-order valence-electron chi connectivity index (χ1n) is 2.92. The molecule has 0 aromatic carbocycles. The Balaban J connectivity index is 2.44. The molecule has 0 amide bonds. The molecule has 0 saturated carbocycles. The Hall–Kier alpha value is 0.719. The molecule has 0 spiro atoms. The van der Waals surface area contributed by atoms with Gasteiger partial charge in [0.15, 0.2) is 0 Å². The van der Waals surface area contributed by atoms with Gasteiger partial charge in [-0.25, -0.2) is 0 Å². The van der Waals surface area contributed by atoms with Crippen LogP contribution in [0.2, 0.25) is 9.88 Å². The third kappa shape index (κ3) is 1.60. The molecule has 2 nitrogen and oxygen atoms in total. The van der Waals surface area contributed by atoms with Crippen LogP contribution >= 0.6 is 0 Å². The fraction of sp³-hybridized carbons (Fsp3) is 1.00. The molecule has 0 bridgehead atoms. The molecule has 1 saturated heterocycles. The van der Waals surface area contributed by atoms with Crippen molar-refractivity contribution in [3.05, 3.63) is 0 Å². The number of hydrogen-bond acceptors (Lipinski definition) is 2. The maximum absolute atomic E-state index is 5.54. The molecule has 1 unspecified atom stereocenters. The molecule has 48 valence electrons. The average molecular weight is 223 g/mol. The van der Waals surface area contributed by atoms with Gasteiger partial charge in [0.2, 0.25) is 0 Å². The molecule has 1 aliphatic rings. The zero-order valence-electron chi connectivity index (χ0n) is 5.60. The second kappa shape index (κ2) is 2.15. The molecule has 1 rings (SSSR count). The van der Waals surface area contributed by atoms with E-state index in [4.69, 9.17) is 6.15 Å². The topological polar surface area (TPSA) is 18.5 Å². The maximum atomic E-state index is 5.54. The van der Waals surface area contributed by atoms with Crippen LogP contribution in [0.3, 0.4) is 0 Å². The van der Waals surface area contributed by atoms with Gasteiger partial charge in [0.1, 0.15) is 0 Å². The first-order chi connectivity index (χ1) is 3.60. The summed E-state index contributed by atoms with van der Waals surface area (Å²) in [5.74, 6) is 0. The van der Waals surface area contributed by atoms with Crippen LogP contribution in [0.25, 0.3) is 0 Å². The minimum atomic E-state index is -2.25. The normalized spacial score (nSPS) is 35.6. The van der Waals surface area contributed by atoms with Gasteiger partial charge in [-0.05, 0) is 0 Å². The van der Waals surface area contributed by atoms with Crippen LogP contribution < -0.4 is 0 Å². The SMILES string of the molecule is CC1C[O][Sn]([CH3])([CH3])[O]1. The summed E-state index contributed by atoms with van der Waals surface area (Å²) >= 11 is -2.25. The Morgan fingerprint density at radius 3 is 2.25 bits per heavy atom. The predicted molar refractivity (Wildman–Crippen MR) is 34.0 cm³/mol. The third-order valence-corrected chi connectivity index (χ3v) is 6.38. The van der Waals surface area contributed by atoms with Crippen molar-refractivity contribution in [2.24, 2.45) is 0 Å². The van der Waals surface area contributed by atoms with E-state index in [0.717, 1.165) is 6.61 Å². The Labute approximate surface area is 55.1 Å². The Bertz CT molecular complexity index is 92.4. The molecule has 0 aromatic rings. The first kappa shape index (κ1) is 6.83. The zero-order chi connectivity index (χ0) is 6.20. The summed E-state index contributed by atoms with van der Waals surface area (Å²) in [6.07, 6.45) is 0.362. The molecular weight excluding hydrogens is 211 g/mol.